The first-order chi connectivity index (χ1) is 7.65. The molecule has 1 aromatic heterocycles. The van der Waals surface area contributed by atoms with Crippen LogP contribution in [0.2, 0.25) is 0 Å². The molecule has 0 aliphatic heterocycles. The van der Waals surface area contributed by atoms with Gasteiger partial charge in [0.25, 0.3) is 0 Å². The molecule has 2 N–H and O–H groups in total. The first kappa shape index (κ1) is 13.6. The Morgan fingerprint density at radius 1 is 1.31 bits per heavy atom. The number of hydrogen-bond donors (Lipinski definition) is 2. The Kier molecular flexibility index (Phi) is 5.95. The maximum absolute atomic E-state index is 8.66. The van der Waals surface area contributed by atoms with Gasteiger partial charge in [0.1, 0.15) is 0 Å². The van der Waals surface area contributed by atoms with Crippen LogP contribution >= 0.6 is 11.3 Å². The molecule has 0 amide bonds. The topological polar surface area (TPSA) is 45.2 Å². The summed E-state index contributed by atoms with van der Waals surface area (Å²) in [6, 6.07) is 0.332. The van der Waals surface area contributed by atoms with Gasteiger partial charge in [0.15, 0.2) is 0 Å². The summed E-state index contributed by atoms with van der Waals surface area (Å²) in [6.45, 7) is 7.64. The minimum absolute atomic E-state index is 0.305. The van der Waals surface area contributed by atoms with Gasteiger partial charge in [-0.25, -0.2) is 4.98 Å². The molecule has 0 bridgehead atoms. The zero-order valence-corrected chi connectivity index (χ0v) is 11.2. The SMILES string of the molecule is Cc1nc(C(C)NCCCCCO)c(C)s1. The Morgan fingerprint density at radius 3 is 2.62 bits per heavy atom. The number of nitrogens with one attached hydrogen (secondary N) is 1. The average Bonchev–Trinajstić information content (AvgIpc) is 2.57. The van der Waals surface area contributed by atoms with Gasteiger partial charge in [0.05, 0.1) is 10.7 Å². The van der Waals surface area contributed by atoms with E-state index < -0.39 is 0 Å². The van der Waals surface area contributed by atoms with Crippen molar-refractivity contribution in [3.63, 3.8) is 0 Å². The van der Waals surface area contributed by atoms with Crippen LogP contribution in [-0.2, 0) is 0 Å². The highest BCUT2D eigenvalue weighted by atomic mass is 32.1. The molecule has 1 heterocycles. The quantitative estimate of drug-likeness (QED) is 0.722. The summed E-state index contributed by atoms with van der Waals surface area (Å²) in [6.07, 6.45) is 3.11. The third kappa shape index (κ3) is 4.20. The molecule has 0 aliphatic rings. The number of rotatable bonds is 7. The van der Waals surface area contributed by atoms with Crippen molar-refractivity contribution in [2.75, 3.05) is 13.2 Å². The van der Waals surface area contributed by atoms with Gasteiger partial charge in [0.2, 0.25) is 0 Å². The number of unbranched alkanes of at least 4 members (excludes halogenated alkanes) is 2. The van der Waals surface area contributed by atoms with Crippen LogP contribution in [0.5, 0.6) is 0 Å². The molecular formula is C12H22N2OS. The van der Waals surface area contributed by atoms with Crippen LogP contribution in [0.25, 0.3) is 0 Å². The van der Waals surface area contributed by atoms with Gasteiger partial charge in [0, 0.05) is 17.5 Å². The normalized spacial score (nSPS) is 13.0. The van der Waals surface area contributed by atoms with Gasteiger partial charge >= 0.3 is 0 Å². The third-order valence-electron chi connectivity index (χ3n) is 2.63. The molecule has 4 heteroatoms. The predicted octanol–water partition coefficient (Wildman–Crippen LogP) is 2.57. The molecule has 0 fully saturated rings. The van der Waals surface area contributed by atoms with E-state index in [0.717, 1.165) is 30.8 Å². The van der Waals surface area contributed by atoms with Crippen molar-refractivity contribution in [2.45, 2.75) is 46.1 Å². The van der Waals surface area contributed by atoms with Gasteiger partial charge in [-0.3, -0.25) is 0 Å². The second-order valence-electron chi connectivity index (χ2n) is 4.13. The molecule has 1 atom stereocenters. The molecule has 1 rings (SSSR count). The van der Waals surface area contributed by atoms with E-state index in [2.05, 4.69) is 31.1 Å². The third-order valence-corrected chi connectivity index (χ3v) is 3.54. The summed E-state index contributed by atoms with van der Waals surface area (Å²) in [7, 11) is 0. The molecule has 0 aliphatic carbocycles. The van der Waals surface area contributed by atoms with Crippen molar-refractivity contribution in [1.82, 2.24) is 10.3 Å². The van der Waals surface area contributed by atoms with Gasteiger partial charge in [-0.2, -0.15) is 0 Å². The molecule has 1 unspecified atom stereocenters. The molecule has 0 saturated heterocycles. The van der Waals surface area contributed by atoms with E-state index in [9.17, 15) is 0 Å². The summed E-state index contributed by atoms with van der Waals surface area (Å²) in [5.41, 5.74) is 1.18. The lowest BCUT2D eigenvalue weighted by atomic mass is 10.2. The van der Waals surface area contributed by atoms with E-state index in [-0.39, 0.29) is 0 Å². The Bertz CT molecular complexity index is 312. The monoisotopic (exact) mass is 242 g/mol. The van der Waals surface area contributed by atoms with E-state index in [1.165, 1.54) is 10.6 Å². The molecular weight excluding hydrogens is 220 g/mol. The number of aliphatic hydroxyl groups is 1. The number of aromatic nitrogens is 1. The fraction of sp³-hybridized carbons (Fsp3) is 0.750. The van der Waals surface area contributed by atoms with E-state index in [0.29, 0.717) is 12.6 Å². The molecule has 0 aromatic carbocycles. The maximum atomic E-state index is 8.66. The van der Waals surface area contributed by atoms with Crippen molar-refractivity contribution in [1.29, 1.82) is 0 Å². The van der Waals surface area contributed by atoms with Crippen molar-refractivity contribution >= 4 is 11.3 Å². The van der Waals surface area contributed by atoms with Crippen LogP contribution in [0.3, 0.4) is 0 Å². The van der Waals surface area contributed by atoms with Crippen molar-refractivity contribution in [3.8, 4) is 0 Å². The molecule has 0 radical (unpaired) electrons. The Morgan fingerprint density at radius 2 is 2.06 bits per heavy atom. The predicted molar refractivity (Wildman–Crippen MR) is 68.9 cm³/mol. The van der Waals surface area contributed by atoms with Crippen LogP contribution in [-0.4, -0.2) is 23.2 Å². The van der Waals surface area contributed by atoms with Crippen LogP contribution in [0.1, 0.15) is 47.8 Å². The number of thiazole rings is 1. The highest BCUT2D eigenvalue weighted by Gasteiger charge is 2.11. The lowest BCUT2D eigenvalue weighted by Crippen LogP contribution is -2.20. The van der Waals surface area contributed by atoms with Crippen molar-refractivity contribution in [3.05, 3.63) is 15.6 Å². The Labute approximate surface area is 102 Å². The van der Waals surface area contributed by atoms with Gasteiger partial charge in [-0.1, -0.05) is 0 Å². The molecule has 16 heavy (non-hydrogen) atoms. The van der Waals surface area contributed by atoms with Gasteiger partial charge in [-0.15, -0.1) is 11.3 Å². The molecule has 3 nitrogen and oxygen atoms in total. The Balaban J connectivity index is 2.29. The van der Waals surface area contributed by atoms with Crippen LogP contribution in [0.4, 0.5) is 0 Å². The summed E-state index contributed by atoms with van der Waals surface area (Å²) >= 11 is 1.76. The number of nitrogens with zero attached hydrogens (tertiary/aromatic N) is 1. The maximum Gasteiger partial charge on any atom is 0.0900 e. The van der Waals surface area contributed by atoms with Crippen LogP contribution in [0, 0.1) is 13.8 Å². The molecule has 0 spiro atoms. The summed E-state index contributed by atoms with van der Waals surface area (Å²) in [5, 5.41) is 13.3. The first-order valence-corrected chi connectivity index (χ1v) is 6.75. The second kappa shape index (κ2) is 6.99. The van der Waals surface area contributed by atoms with E-state index in [1.807, 2.05) is 0 Å². The summed E-state index contributed by atoms with van der Waals surface area (Å²) in [4.78, 5) is 5.85. The Hall–Kier alpha value is -0.450. The summed E-state index contributed by atoms with van der Waals surface area (Å²) in [5.74, 6) is 0. The lowest BCUT2D eigenvalue weighted by Gasteiger charge is -2.12. The van der Waals surface area contributed by atoms with Gasteiger partial charge in [-0.05, 0) is 46.6 Å². The first-order valence-electron chi connectivity index (χ1n) is 5.93. The standard InChI is InChI=1S/C12H22N2OS/c1-9(13-7-5-4-6-8-15)12-10(2)16-11(3)14-12/h9,13,15H,4-8H2,1-3H3. The van der Waals surface area contributed by atoms with Gasteiger partial charge < -0.3 is 10.4 Å². The van der Waals surface area contributed by atoms with Crippen molar-refractivity contribution in [2.24, 2.45) is 0 Å². The molecule has 92 valence electrons. The molecule has 0 saturated carbocycles. The van der Waals surface area contributed by atoms with Crippen LogP contribution in [0.15, 0.2) is 0 Å². The summed E-state index contributed by atoms with van der Waals surface area (Å²) < 4.78 is 0. The van der Waals surface area contributed by atoms with Crippen LogP contribution < -0.4 is 5.32 Å². The fourth-order valence-corrected chi connectivity index (χ4v) is 2.69. The number of hydrogen-bond acceptors (Lipinski definition) is 4. The average molecular weight is 242 g/mol. The molecule has 1 aromatic rings. The minimum Gasteiger partial charge on any atom is -0.396 e. The lowest BCUT2D eigenvalue weighted by molar-refractivity contribution is 0.282. The second-order valence-corrected chi connectivity index (χ2v) is 5.54. The fourth-order valence-electron chi connectivity index (χ4n) is 1.78. The van der Waals surface area contributed by atoms with E-state index in [1.54, 1.807) is 11.3 Å². The zero-order chi connectivity index (χ0) is 12.0. The number of aryl methyl sites for hydroxylation is 2. The highest BCUT2D eigenvalue weighted by Crippen LogP contribution is 2.22. The van der Waals surface area contributed by atoms with E-state index in [4.69, 9.17) is 5.11 Å². The van der Waals surface area contributed by atoms with E-state index >= 15 is 0 Å². The number of aliphatic hydroxyl groups excluding tert-OH is 1. The van der Waals surface area contributed by atoms with Crippen molar-refractivity contribution < 1.29 is 5.11 Å². The minimum atomic E-state index is 0.305. The highest BCUT2D eigenvalue weighted by molar-refractivity contribution is 7.11. The largest absolute Gasteiger partial charge is 0.396 e. The smallest absolute Gasteiger partial charge is 0.0900 e. The zero-order valence-electron chi connectivity index (χ0n) is 10.4.